The van der Waals surface area contributed by atoms with Crippen LogP contribution in [0.15, 0.2) is 185 Å². The molecule has 0 radical (unpaired) electrons. The van der Waals surface area contributed by atoms with Crippen LogP contribution in [0.2, 0.25) is 0 Å². The Hall–Kier alpha value is -7.77. The van der Waals surface area contributed by atoms with Gasteiger partial charge in [-0.1, -0.05) is 140 Å². The van der Waals surface area contributed by atoms with Gasteiger partial charge in [0.1, 0.15) is 28.0 Å². The van der Waals surface area contributed by atoms with Crippen molar-refractivity contribution in [3.63, 3.8) is 0 Å². The highest BCUT2D eigenvalue weighted by atomic mass is 16.3. The van der Waals surface area contributed by atoms with E-state index in [-0.39, 0.29) is 0 Å². The van der Waals surface area contributed by atoms with E-state index in [0.717, 1.165) is 83.1 Å². The number of hydrogen-bond acceptors (Lipinski definition) is 7. The minimum atomic E-state index is 0.586. The maximum Gasteiger partial charge on any atom is 0.180 e. The zero-order valence-electron chi connectivity index (χ0n) is 29.8. The summed E-state index contributed by atoms with van der Waals surface area (Å²) in [7, 11) is 0. The Bertz CT molecular complexity index is 3180. The highest BCUT2D eigenvalue weighted by Crippen LogP contribution is 2.41. The molecule has 0 amide bonds. The van der Waals surface area contributed by atoms with Crippen LogP contribution in [0, 0.1) is 0 Å². The summed E-state index contributed by atoms with van der Waals surface area (Å²) < 4.78 is 13.2. The summed E-state index contributed by atoms with van der Waals surface area (Å²) >= 11 is 0. The van der Waals surface area contributed by atoms with Gasteiger partial charge in [0.15, 0.2) is 28.9 Å². The molecule has 7 heteroatoms. The minimum Gasteiger partial charge on any atom is -0.456 e. The average molecular weight is 720 g/mol. The molecule has 0 aliphatic rings. The smallest absolute Gasteiger partial charge is 0.180 e. The Morgan fingerprint density at radius 2 is 0.786 bits per heavy atom. The van der Waals surface area contributed by atoms with E-state index >= 15 is 0 Å². The molecule has 11 rings (SSSR count). The molecule has 0 spiro atoms. The summed E-state index contributed by atoms with van der Waals surface area (Å²) in [6.07, 6.45) is 0. The van der Waals surface area contributed by atoms with Crippen molar-refractivity contribution in [2.24, 2.45) is 0 Å². The molecule has 0 aliphatic carbocycles. The lowest BCUT2D eigenvalue weighted by Gasteiger charge is -2.08. The van der Waals surface area contributed by atoms with Gasteiger partial charge in [0, 0.05) is 49.5 Å². The normalized spacial score (nSPS) is 11.6. The van der Waals surface area contributed by atoms with Gasteiger partial charge in [0.2, 0.25) is 0 Å². The number of hydrogen-bond donors (Lipinski definition) is 0. The summed E-state index contributed by atoms with van der Waals surface area (Å²) in [5.41, 5.74) is 11.0. The molecule has 0 saturated carbocycles. The largest absolute Gasteiger partial charge is 0.456 e. The van der Waals surface area contributed by atoms with Crippen molar-refractivity contribution in [1.29, 1.82) is 0 Å². The van der Waals surface area contributed by atoms with Crippen molar-refractivity contribution in [1.82, 2.24) is 24.9 Å². The molecule has 0 unspecified atom stereocenters. The predicted molar refractivity (Wildman–Crippen MR) is 223 cm³/mol. The summed E-state index contributed by atoms with van der Waals surface area (Å²) in [6.45, 7) is 0. The second-order valence-electron chi connectivity index (χ2n) is 13.7. The van der Waals surface area contributed by atoms with E-state index in [1.54, 1.807) is 0 Å². The lowest BCUT2D eigenvalue weighted by Crippen LogP contribution is -2.00. The van der Waals surface area contributed by atoms with Gasteiger partial charge in [0.05, 0.1) is 0 Å². The highest BCUT2D eigenvalue weighted by molar-refractivity contribution is 6.13. The lowest BCUT2D eigenvalue weighted by atomic mass is 10.0. The fraction of sp³-hybridized carbons (Fsp3) is 0. The second kappa shape index (κ2) is 13.0. The van der Waals surface area contributed by atoms with Gasteiger partial charge in [-0.25, -0.2) is 24.9 Å². The molecule has 262 valence electrons. The number of para-hydroxylation sites is 1. The summed E-state index contributed by atoms with van der Waals surface area (Å²) in [5, 5.41) is 2.86. The van der Waals surface area contributed by atoms with E-state index in [2.05, 4.69) is 48.5 Å². The van der Waals surface area contributed by atoms with Crippen LogP contribution in [0.5, 0.6) is 0 Å². The number of rotatable bonds is 6. The summed E-state index contributed by atoms with van der Waals surface area (Å²) in [6, 6.07) is 58.8. The molecule has 56 heavy (non-hydrogen) atoms. The van der Waals surface area contributed by atoms with Crippen LogP contribution in [-0.2, 0) is 0 Å². The summed E-state index contributed by atoms with van der Waals surface area (Å²) in [4.78, 5) is 25.0. The van der Waals surface area contributed by atoms with Crippen LogP contribution >= 0.6 is 0 Å². The van der Waals surface area contributed by atoms with Crippen LogP contribution < -0.4 is 0 Å². The SMILES string of the molecule is c1ccc(-c2nc(-c3ccccc3)nc(-c3ccc4oc5ccc(-c6cccc7c6oc6c(-c8ccccc8)nc(-c8ccccc8)nc67)cc5c4c3)n2)cc1. The molecule has 0 aliphatic heterocycles. The van der Waals surface area contributed by atoms with Gasteiger partial charge < -0.3 is 8.83 Å². The van der Waals surface area contributed by atoms with E-state index in [1.165, 1.54) is 0 Å². The molecule has 0 N–H and O–H groups in total. The average Bonchev–Trinajstić information content (AvgIpc) is 3.85. The molecule has 4 aromatic heterocycles. The van der Waals surface area contributed by atoms with Crippen LogP contribution in [-0.4, -0.2) is 24.9 Å². The van der Waals surface area contributed by atoms with Crippen molar-refractivity contribution in [2.45, 2.75) is 0 Å². The Balaban J connectivity index is 1.07. The number of aromatic nitrogens is 5. The number of furan rings is 2. The molecular weight excluding hydrogens is 691 g/mol. The molecule has 7 nitrogen and oxygen atoms in total. The second-order valence-corrected chi connectivity index (χ2v) is 13.7. The molecule has 0 atom stereocenters. The van der Waals surface area contributed by atoms with E-state index < -0.39 is 0 Å². The highest BCUT2D eigenvalue weighted by Gasteiger charge is 2.21. The number of nitrogens with zero attached hydrogens (tertiary/aromatic N) is 5. The van der Waals surface area contributed by atoms with Crippen molar-refractivity contribution in [2.75, 3.05) is 0 Å². The van der Waals surface area contributed by atoms with E-state index in [0.29, 0.717) is 28.9 Å². The molecule has 0 fully saturated rings. The minimum absolute atomic E-state index is 0.586. The van der Waals surface area contributed by atoms with Gasteiger partial charge >= 0.3 is 0 Å². The Morgan fingerprint density at radius 3 is 1.36 bits per heavy atom. The van der Waals surface area contributed by atoms with Crippen molar-refractivity contribution >= 4 is 44.0 Å². The number of fused-ring (bicyclic) bond motifs is 6. The molecular formula is C49H29N5O2. The van der Waals surface area contributed by atoms with Gasteiger partial charge in [-0.05, 0) is 42.0 Å². The topological polar surface area (TPSA) is 90.7 Å². The first kappa shape index (κ1) is 31.7. The molecule has 7 aromatic carbocycles. The molecule has 0 bridgehead atoms. The maximum atomic E-state index is 6.80. The van der Waals surface area contributed by atoms with Crippen LogP contribution in [0.3, 0.4) is 0 Å². The predicted octanol–water partition coefficient (Wildman–Crippen LogP) is 12.5. The van der Waals surface area contributed by atoms with Gasteiger partial charge in [-0.3, -0.25) is 0 Å². The summed E-state index contributed by atoms with van der Waals surface area (Å²) in [5.74, 6) is 2.46. The molecule has 0 saturated heterocycles. The molecule has 11 aromatic rings. The molecule has 4 heterocycles. The van der Waals surface area contributed by atoms with Gasteiger partial charge in [-0.2, -0.15) is 0 Å². The third-order valence-electron chi connectivity index (χ3n) is 10.2. The van der Waals surface area contributed by atoms with E-state index in [1.807, 2.05) is 127 Å². The quantitative estimate of drug-likeness (QED) is 0.169. The van der Waals surface area contributed by atoms with Crippen LogP contribution in [0.25, 0.3) is 112 Å². The zero-order chi connectivity index (χ0) is 37.0. The first-order valence-electron chi connectivity index (χ1n) is 18.4. The fourth-order valence-corrected chi connectivity index (χ4v) is 7.42. The van der Waals surface area contributed by atoms with E-state index in [4.69, 9.17) is 33.8 Å². The third-order valence-corrected chi connectivity index (χ3v) is 10.2. The van der Waals surface area contributed by atoms with Crippen molar-refractivity contribution < 1.29 is 8.83 Å². The first-order chi connectivity index (χ1) is 27.7. The van der Waals surface area contributed by atoms with E-state index in [9.17, 15) is 0 Å². The van der Waals surface area contributed by atoms with Crippen LogP contribution in [0.4, 0.5) is 0 Å². The van der Waals surface area contributed by atoms with Crippen molar-refractivity contribution in [3.05, 3.63) is 176 Å². The standard InChI is InChI=1S/C49H29N5O2/c1-5-14-30(15-6-1)42-45-43(51-46(50-42)31-16-7-2-8-17-31)37-23-13-22-36(44(37)56-45)34-24-26-40-38(28-34)39-29-35(25-27-41(39)55-40)49-53-47(32-18-9-3-10-19-32)52-48(54-49)33-20-11-4-12-21-33/h1-29H. The lowest BCUT2D eigenvalue weighted by molar-refractivity contribution is 0.667. The zero-order valence-corrected chi connectivity index (χ0v) is 29.8. The Morgan fingerprint density at radius 1 is 0.304 bits per heavy atom. The van der Waals surface area contributed by atoms with Gasteiger partial charge in [0.25, 0.3) is 0 Å². The van der Waals surface area contributed by atoms with Crippen molar-refractivity contribution in [3.8, 4) is 67.9 Å². The Labute approximate surface area is 320 Å². The monoisotopic (exact) mass is 719 g/mol. The van der Waals surface area contributed by atoms with Crippen LogP contribution in [0.1, 0.15) is 0 Å². The first-order valence-corrected chi connectivity index (χ1v) is 18.4. The number of benzene rings is 7. The Kier molecular flexibility index (Phi) is 7.35. The maximum absolute atomic E-state index is 6.80. The van der Waals surface area contributed by atoms with Gasteiger partial charge in [-0.15, -0.1) is 0 Å². The fourth-order valence-electron chi connectivity index (χ4n) is 7.42. The third kappa shape index (κ3) is 5.41.